The SMILES string of the molecule is C[C@@H]1Cc2c([nH]c3ccccc23)[C@@H](c2c(F)cc(OCCCCCCCCOCC(=O)O)cc2F)N1CC(C)(C)F. The number of para-hydroxylation sites is 1. The van der Waals surface area contributed by atoms with Crippen molar-refractivity contribution >= 4 is 16.9 Å². The van der Waals surface area contributed by atoms with Crippen molar-refractivity contribution in [3.8, 4) is 5.75 Å². The summed E-state index contributed by atoms with van der Waals surface area (Å²) in [7, 11) is 0. The van der Waals surface area contributed by atoms with Gasteiger partial charge in [0.1, 0.15) is 29.7 Å². The monoisotopic (exact) mass is 574 g/mol. The van der Waals surface area contributed by atoms with Gasteiger partial charge in [-0.3, -0.25) is 4.90 Å². The summed E-state index contributed by atoms with van der Waals surface area (Å²) in [6.07, 6.45) is 6.05. The first-order valence-electron chi connectivity index (χ1n) is 14.5. The van der Waals surface area contributed by atoms with Gasteiger partial charge in [-0.1, -0.05) is 43.9 Å². The molecular weight excluding hydrogens is 533 g/mol. The number of rotatable bonds is 15. The van der Waals surface area contributed by atoms with Crippen LogP contribution in [0, 0.1) is 11.6 Å². The van der Waals surface area contributed by atoms with Crippen LogP contribution in [-0.2, 0) is 16.0 Å². The van der Waals surface area contributed by atoms with Gasteiger partial charge in [-0.25, -0.2) is 18.0 Å². The number of benzene rings is 2. The molecule has 2 N–H and O–H groups in total. The number of H-pyrrole nitrogens is 1. The van der Waals surface area contributed by atoms with E-state index in [2.05, 4.69) is 4.98 Å². The molecule has 0 amide bonds. The van der Waals surface area contributed by atoms with E-state index >= 15 is 8.78 Å². The van der Waals surface area contributed by atoms with Gasteiger partial charge in [0.05, 0.1) is 12.6 Å². The zero-order chi connectivity index (χ0) is 29.6. The number of nitrogens with zero attached hydrogens (tertiary/aromatic N) is 1. The van der Waals surface area contributed by atoms with Crippen LogP contribution in [0.2, 0.25) is 0 Å². The number of unbranched alkanes of at least 4 members (excludes halogenated alkanes) is 5. The lowest BCUT2D eigenvalue weighted by Crippen LogP contribution is -2.48. The molecule has 0 unspecified atom stereocenters. The van der Waals surface area contributed by atoms with Crippen LogP contribution in [0.15, 0.2) is 36.4 Å². The van der Waals surface area contributed by atoms with E-state index in [1.54, 1.807) is 0 Å². The zero-order valence-corrected chi connectivity index (χ0v) is 24.2. The van der Waals surface area contributed by atoms with E-state index in [-0.39, 0.29) is 30.5 Å². The van der Waals surface area contributed by atoms with Crippen LogP contribution >= 0.6 is 0 Å². The number of halogens is 3. The molecule has 41 heavy (non-hydrogen) atoms. The molecule has 0 saturated carbocycles. The molecule has 2 aromatic carbocycles. The van der Waals surface area contributed by atoms with E-state index < -0.39 is 29.3 Å². The second kappa shape index (κ2) is 13.7. The highest BCUT2D eigenvalue weighted by molar-refractivity contribution is 5.85. The predicted octanol–water partition coefficient (Wildman–Crippen LogP) is 7.35. The van der Waals surface area contributed by atoms with Gasteiger partial charge in [0.25, 0.3) is 0 Å². The van der Waals surface area contributed by atoms with Crippen molar-refractivity contribution in [2.75, 3.05) is 26.4 Å². The Labute approximate surface area is 239 Å². The fraction of sp³-hybridized carbons (Fsp3) is 0.531. The number of fused-ring (bicyclic) bond motifs is 3. The topological polar surface area (TPSA) is 74.8 Å². The van der Waals surface area contributed by atoms with Gasteiger partial charge in [0.2, 0.25) is 0 Å². The molecule has 0 fully saturated rings. The van der Waals surface area contributed by atoms with Crippen LogP contribution in [0.4, 0.5) is 13.2 Å². The number of aromatic amines is 1. The second-order valence-corrected chi connectivity index (χ2v) is 11.6. The molecule has 4 rings (SSSR count). The van der Waals surface area contributed by atoms with Crippen LogP contribution in [0.5, 0.6) is 5.75 Å². The number of nitrogens with one attached hydrogen (secondary N) is 1. The van der Waals surface area contributed by atoms with Crippen molar-refractivity contribution in [2.45, 2.75) is 83.5 Å². The molecule has 6 nitrogen and oxygen atoms in total. The normalized spacial score (nSPS) is 17.6. The number of aliphatic carboxylic acids is 1. The third-order valence-corrected chi connectivity index (χ3v) is 7.58. The Bertz CT molecular complexity index is 1300. The average molecular weight is 575 g/mol. The maximum atomic E-state index is 15.7. The summed E-state index contributed by atoms with van der Waals surface area (Å²) in [5, 5.41) is 9.57. The molecule has 0 spiro atoms. The van der Waals surface area contributed by atoms with Gasteiger partial charge < -0.3 is 19.6 Å². The van der Waals surface area contributed by atoms with E-state index in [1.165, 1.54) is 26.0 Å². The lowest BCUT2D eigenvalue weighted by Gasteiger charge is -2.43. The smallest absolute Gasteiger partial charge is 0.329 e. The Morgan fingerprint density at radius 1 is 1.05 bits per heavy atom. The minimum atomic E-state index is -1.56. The van der Waals surface area contributed by atoms with E-state index in [0.717, 1.165) is 55.0 Å². The standard InChI is InChI=1S/C32H41F3N2O4/c1-21-16-24-23-12-8-9-13-27(23)36-30(24)31(37(21)20-32(2,3)35)29-25(33)17-22(18-26(29)34)41-15-11-7-5-4-6-10-14-40-19-28(38)39/h8-9,12-13,17-18,21,31,36H,4-7,10-11,14-16,19-20H2,1-3H3,(H,38,39)/t21-,31-/m1/s1. The number of hydrogen-bond acceptors (Lipinski definition) is 4. The summed E-state index contributed by atoms with van der Waals surface area (Å²) in [5.74, 6) is -2.25. The largest absolute Gasteiger partial charge is 0.493 e. The van der Waals surface area contributed by atoms with E-state index in [4.69, 9.17) is 14.6 Å². The molecule has 1 aliphatic rings. The number of alkyl halides is 1. The Hall–Kier alpha value is -3.04. The highest BCUT2D eigenvalue weighted by Gasteiger charge is 2.41. The molecule has 1 aromatic heterocycles. The van der Waals surface area contributed by atoms with E-state index in [0.29, 0.717) is 25.3 Å². The summed E-state index contributed by atoms with van der Waals surface area (Å²) in [6.45, 7) is 5.49. The fourth-order valence-electron chi connectivity index (χ4n) is 5.77. The molecule has 0 bridgehead atoms. The van der Waals surface area contributed by atoms with Crippen molar-refractivity contribution in [3.63, 3.8) is 0 Å². The molecule has 2 heterocycles. The van der Waals surface area contributed by atoms with Crippen molar-refractivity contribution in [1.29, 1.82) is 0 Å². The highest BCUT2D eigenvalue weighted by Crippen LogP contribution is 2.43. The van der Waals surface area contributed by atoms with Gasteiger partial charge in [-0.2, -0.15) is 0 Å². The molecular formula is C32H41F3N2O4. The highest BCUT2D eigenvalue weighted by atomic mass is 19.1. The maximum Gasteiger partial charge on any atom is 0.329 e. The number of carbonyl (C=O) groups is 1. The number of carboxylic acids is 1. The molecule has 0 radical (unpaired) electrons. The summed E-state index contributed by atoms with van der Waals surface area (Å²) < 4.78 is 57.1. The van der Waals surface area contributed by atoms with Crippen LogP contribution < -0.4 is 4.74 Å². The number of hydrogen-bond donors (Lipinski definition) is 2. The molecule has 3 aromatic rings. The fourth-order valence-corrected chi connectivity index (χ4v) is 5.77. The van der Waals surface area contributed by atoms with Crippen LogP contribution in [0.3, 0.4) is 0 Å². The lowest BCUT2D eigenvalue weighted by molar-refractivity contribution is -0.142. The van der Waals surface area contributed by atoms with Gasteiger partial charge in [0.15, 0.2) is 0 Å². The molecule has 2 atom stereocenters. The minimum absolute atomic E-state index is 0.0279. The molecule has 0 saturated heterocycles. The first kappa shape index (κ1) is 30.9. The van der Waals surface area contributed by atoms with E-state index in [9.17, 15) is 9.18 Å². The van der Waals surface area contributed by atoms with E-state index in [1.807, 2.05) is 36.1 Å². The summed E-state index contributed by atoms with van der Waals surface area (Å²) >= 11 is 0. The summed E-state index contributed by atoms with van der Waals surface area (Å²) in [5.41, 5.74) is 0.947. The zero-order valence-electron chi connectivity index (χ0n) is 24.2. The second-order valence-electron chi connectivity index (χ2n) is 11.6. The van der Waals surface area contributed by atoms with Gasteiger partial charge in [-0.05, 0) is 51.7 Å². The van der Waals surface area contributed by atoms with Crippen molar-refractivity contribution < 1.29 is 32.5 Å². The Kier molecular flexibility index (Phi) is 10.4. The number of carboxylic acid groups (broad SMARTS) is 1. The Morgan fingerprint density at radius 3 is 2.34 bits per heavy atom. The number of aromatic nitrogens is 1. The Morgan fingerprint density at radius 2 is 1.68 bits per heavy atom. The Balaban J connectivity index is 1.42. The summed E-state index contributed by atoms with van der Waals surface area (Å²) in [4.78, 5) is 15.7. The van der Waals surface area contributed by atoms with Gasteiger partial charge in [-0.15, -0.1) is 0 Å². The third kappa shape index (κ3) is 8.04. The quantitative estimate of drug-likeness (QED) is 0.186. The maximum absolute atomic E-state index is 15.7. The first-order chi connectivity index (χ1) is 19.5. The van der Waals surface area contributed by atoms with Crippen molar-refractivity contribution in [1.82, 2.24) is 9.88 Å². The van der Waals surface area contributed by atoms with Crippen molar-refractivity contribution in [2.24, 2.45) is 0 Å². The molecule has 224 valence electrons. The van der Waals surface area contributed by atoms with Crippen LogP contribution in [0.1, 0.15) is 82.2 Å². The minimum Gasteiger partial charge on any atom is -0.493 e. The van der Waals surface area contributed by atoms with Crippen LogP contribution in [0.25, 0.3) is 10.9 Å². The predicted molar refractivity (Wildman–Crippen MR) is 153 cm³/mol. The first-order valence-corrected chi connectivity index (χ1v) is 14.5. The average Bonchev–Trinajstić information content (AvgIpc) is 3.25. The molecule has 1 aliphatic heterocycles. The van der Waals surface area contributed by atoms with Crippen LogP contribution in [-0.4, -0.2) is 59.0 Å². The lowest BCUT2D eigenvalue weighted by atomic mass is 9.87. The van der Waals surface area contributed by atoms with Gasteiger partial charge in [0, 0.05) is 53.5 Å². The van der Waals surface area contributed by atoms with Crippen molar-refractivity contribution in [3.05, 3.63) is 64.9 Å². The summed E-state index contributed by atoms with van der Waals surface area (Å²) in [6, 6.07) is 9.34. The molecule has 0 aliphatic carbocycles. The number of ether oxygens (including phenoxy) is 2. The third-order valence-electron chi connectivity index (χ3n) is 7.58. The van der Waals surface area contributed by atoms with Gasteiger partial charge >= 0.3 is 5.97 Å². The molecule has 9 heteroatoms.